The molecule has 6 rings (SSSR count). The van der Waals surface area contributed by atoms with E-state index in [4.69, 9.17) is 0 Å². The molecule has 2 heterocycles. The fourth-order valence-electron chi connectivity index (χ4n) is 7.28. The lowest BCUT2D eigenvalue weighted by molar-refractivity contribution is -0.132. The zero-order valence-electron chi connectivity index (χ0n) is 28.8. The van der Waals surface area contributed by atoms with Crippen molar-refractivity contribution < 1.29 is 19.8 Å². The van der Waals surface area contributed by atoms with E-state index >= 15 is 0 Å². The molecule has 0 radical (unpaired) electrons. The molecule has 1 saturated heterocycles. The Kier molecular flexibility index (Phi) is 10.7. The minimum atomic E-state index is -0.846. The highest BCUT2D eigenvalue weighted by atomic mass is 16.3. The van der Waals surface area contributed by atoms with Gasteiger partial charge in [0.15, 0.2) is 0 Å². The van der Waals surface area contributed by atoms with Gasteiger partial charge in [-0.2, -0.15) is 0 Å². The predicted molar refractivity (Wildman–Crippen MR) is 192 cm³/mol. The molecule has 49 heavy (non-hydrogen) atoms. The van der Waals surface area contributed by atoms with Crippen molar-refractivity contribution in [3.63, 3.8) is 0 Å². The third-order valence-corrected chi connectivity index (χ3v) is 9.63. The number of hydrogen-bond donors (Lipinski definition) is 4. The van der Waals surface area contributed by atoms with Gasteiger partial charge >= 0.3 is 0 Å². The van der Waals surface area contributed by atoms with Crippen LogP contribution in [0, 0.1) is 5.92 Å². The first-order chi connectivity index (χ1) is 23.5. The Balaban J connectivity index is 1.15. The van der Waals surface area contributed by atoms with Gasteiger partial charge in [-0.3, -0.25) is 24.4 Å². The Labute approximate surface area is 289 Å². The molecule has 1 aromatic heterocycles. The monoisotopic (exact) mass is 663 g/mol. The van der Waals surface area contributed by atoms with Crippen molar-refractivity contribution in [2.45, 2.75) is 76.4 Å². The van der Waals surface area contributed by atoms with E-state index in [1.807, 2.05) is 99.8 Å². The topological polar surface area (TPSA) is 118 Å². The van der Waals surface area contributed by atoms with E-state index in [9.17, 15) is 19.8 Å². The lowest BCUT2D eigenvalue weighted by Crippen LogP contribution is -2.61. The fourth-order valence-corrected chi connectivity index (χ4v) is 7.28. The molecule has 2 aliphatic rings. The van der Waals surface area contributed by atoms with Gasteiger partial charge < -0.3 is 20.8 Å². The van der Waals surface area contributed by atoms with Crippen molar-refractivity contribution >= 4 is 22.7 Å². The summed E-state index contributed by atoms with van der Waals surface area (Å²) < 4.78 is 0. The summed E-state index contributed by atoms with van der Waals surface area (Å²) in [6, 6.07) is 26.9. The Hall–Kier alpha value is -4.15. The van der Waals surface area contributed by atoms with Crippen LogP contribution in [-0.4, -0.2) is 86.8 Å². The molecule has 0 saturated carbocycles. The summed E-state index contributed by atoms with van der Waals surface area (Å²) in [4.78, 5) is 36.6. The maximum Gasteiger partial charge on any atom is 0.239 e. The highest BCUT2D eigenvalue weighted by Gasteiger charge is 2.37. The molecule has 258 valence electrons. The molecule has 1 fully saturated rings. The van der Waals surface area contributed by atoms with Gasteiger partial charge in [0.25, 0.3) is 0 Å². The maximum absolute atomic E-state index is 13.9. The average Bonchev–Trinajstić information content (AvgIpc) is 3.39. The van der Waals surface area contributed by atoms with Gasteiger partial charge in [0.1, 0.15) is 6.04 Å². The van der Waals surface area contributed by atoms with Crippen molar-refractivity contribution in [2.75, 3.05) is 26.2 Å². The number of hydrogen-bond acceptors (Lipinski definition) is 7. The molecular weight excluding hydrogens is 614 g/mol. The Morgan fingerprint density at radius 2 is 1.69 bits per heavy atom. The largest absolute Gasteiger partial charge is 0.392 e. The minimum Gasteiger partial charge on any atom is -0.392 e. The Bertz CT molecular complexity index is 1740. The number of β-amino-alcohol motifs (C(OH)–C–C–N with tert-alkyl or cyclic N) is 1. The van der Waals surface area contributed by atoms with Crippen molar-refractivity contribution in [1.82, 2.24) is 25.4 Å². The number of benzene rings is 3. The second-order valence-corrected chi connectivity index (χ2v) is 14.8. The van der Waals surface area contributed by atoms with E-state index in [2.05, 4.69) is 37.6 Å². The highest BCUT2D eigenvalue weighted by molar-refractivity contribution is 5.83. The smallest absolute Gasteiger partial charge is 0.239 e. The first kappa shape index (κ1) is 34.7. The summed E-state index contributed by atoms with van der Waals surface area (Å²) in [5.74, 6) is -0.797. The summed E-state index contributed by atoms with van der Waals surface area (Å²) in [6.45, 7) is 8.68. The molecule has 0 bridgehead atoms. The maximum atomic E-state index is 13.9. The van der Waals surface area contributed by atoms with Gasteiger partial charge in [0, 0.05) is 62.2 Å². The van der Waals surface area contributed by atoms with Crippen LogP contribution in [-0.2, 0) is 29.0 Å². The molecule has 4 aromatic rings. The summed E-state index contributed by atoms with van der Waals surface area (Å²) in [7, 11) is 0. The third kappa shape index (κ3) is 8.91. The fraction of sp³-hybridized carbons (Fsp3) is 0.425. The summed E-state index contributed by atoms with van der Waals surface area (Å²) in [6.07, 6.45) is 1.53. The van der Waals surface area contributed by atoms with Crippen LogP contribution in [0.5, 0.6) is 0 Å². The molecule has 5 atom stereocenters. The molecular formula is C40H49N5O4. The Morgan fingerprint density at radius 3 is 2.49 bits per heavy atom. The van der Waals surface area contributed by atoms with Crippen LogP contribution in [0.25, 0.3) is 10.9 Å². The second-order valence-electron chi connectivity index (χ2n) is 14.8. The van der Waals surface area contributed by atoms with Crippen molar-refractivity contribution in [3.8, 4) is 0 Å². The number of carbonyl (C=O) groups excluding carboxylic acids is 2. The number of nitrogens with one attached hydrogen (secondary N) is 2. The third-order valence-electron chi connectivity index (χ3n) is 9.63. The van der Waals surface area contributed by atoms with Crippen molar-refractivity contribution in [2.24, 2.45) is 5.92 Å². The normalized spacial score (nSPS) is 21.2. The zero-order chi connectivity index (χ0) is 34.5. The van der Waals surface area contributed by atoms with Crippen molar-refractivity contribution in [1.29, 1.82) is 0 Å². The van der Waals surface area contributed by atoms with Crippen LogP contribution < -0.4 is 10.6 Å². The first-order valence-electron chi connectivity index (χ1n) is 17.4. The van der Waals surface area contributed by atoms with Crippen LogP contribution in [0.2, 0.25) is 0 Å². The number of piperazine rings is 1. The molecule has 4 N–H and O–H groups in total. The van der Waals surface area contributed by atoms with Gasteiger partial charge in [0.05, 0.1) is 23.8 Å². The Morgan fingerprint density at radius 1 is 0.959 bits per heavy atom. The number of aliphatic hydroxyl groups excluding tert-OH is 2. The number of nitrogens with zero attached hydrogens (tertiary/aromatic N) is 3. The second kappa shape index (κ2) is 15.2. The molecule has 1 aliphatic carbocycles. The van der Waals surface area contributed by atoms with E-state index in [-0.39, 0.29) is 24.8 Å². The van der Waals surface area contributed by atoms with Crippen LogP contribution in [0.15, 0.2) is 91.1 Å². The lowest BCUT2D eigenvalue weighted by Gasteiger charge is -2.42. The number of amides is 2. The molecule has 0 unspecified atom stereocenters. The molecule has 2 amide bonds. The summed E-state index contributed by atoms with van der Waals surface area (Å²) in [5.41, 5.74) is 4.61. The van der Waals surface area contributed by atoms with E-state index in [1.165, 1.54) is 0 Å². The number of pyridine rings is 1. The van der Waals surface area contributed by atoms with Crippen molar-refractivity contribution in [3.05, 3.63) is 113 Å². The van der Waals surface area contributed by atoms with Gasteiger partial charge in [-0.1, -0.05) is 72.8 Å². The first-order valence-corrected chi connectivity index (χ1v) is 17.4. The number of aromatic nitrogens is 1. The standard InChI is InChI=1S/C40H49N5O4/c1-40(2,3)43-39(49)35-26-44(24-28-20-30-14-8-10-16-34(30)41-23-28)17-18-45(35)25-32(46)21-31(19-27-11-5-4-6-12-27)38(48)42-37-33-15-9-7-13-29(33)22-36(37)47/h4-16,20,23,31-32,35-37,46-47H,17-19,21-22,24-26H2,1-3H3,(H,42,48)(H,43,49)/t31-,32+,35+,36-,37+/m1/s1. The van der Waals surface area contributed by atoms with Gasteiger partial charge in [-0.15, -0.1) is 0 Å². The van der Waals surface area contributed by atoms with E-state index in [1.54, 1.807) is 0 Å². The number of aliphatic hydroxyl groups is 2. The number of rotatable bonds is 11. The number of fused-ring (bicyclic) bond motifs is 2. The molecule has 0 spiro atoms. The minimum absolute atomic E-state index is 0.0755. The zero-order valence-corrected chi connectivity index (χ0v) is 28.8. The highest BCUT2D eigenvalue weighted by Crippen LogP contribution is 2.32. The SMILES string of the molecule is CC(C)(C)NC(=O)[C@@H]1CN(Cc2cnc3ccccc3c2)CCN1C[C@@H](O)C[C@@H](Cc1ccccc1)C(=O)N[C@H]1c2ccccc2C[C@H]1O. The van der Waals surface area contributed by atoms with E-state index in [0.717, 1.165) is 39.7 Å². The molecule has 1 aliphatic heterocycles. The van der Waals surface area contributed by atoms with Gasteiger partial charge in [0.2, 0.25) is 11.8 Å². The quantitative estimate of drug-likeness (QED) is 0.192. The van der Waals surface area contributed by atoms with Crippen LogP contribution in [0.1, 0.15) is 55.5 Å². The summed E-state index contributed by atoms with van der Waals surface area (Å²) in [5, 5.41) is 29.8. The lowest BCUT2D eigenvalue weighted by atomic mass is 9.91. The van der Waals surface area contributed by atoms with Gasteiger partial charge in [-0.05, 0) is 68.0 Å². The number of para-hydroxylation sites is 1. The van der Waals surface area contributed by atoms with E-state index < -0.39 is 35.7 Å². The van der Waals surface area contributed by atoms with Gasteiger partial charge in [-0.25, -0.2) is 0 Å². The molecule has 9 heteroatoms. The molecule has 3 aromatic carbocycles. The van der Waals surface area contributed by atoms with Crippen LogP contribution in [0.3, 0.4) is 0 Å². The number of carbonyl (C=O) groups is 2. The van der Waals surface area contributed by atoms with Crippen LogP contribution in [0.4, 0.5) is 0 Å². The van der Waals surface area contributed by atoms with Crippen LogP contribution >= 0.6 is 0 Å². The average molecular weight is 664 g/mol. The summed E-state index contributed by atoms with van der Waals surface area (Å²) >= 11 is 0. The predicted octanol–water partition coefficient (Wildman–Crippen LogP) is 4.02. The van der Waals surface area contributed by atoms with E-state index in [0.29, 0.717) is 32.5 Å². The molecule has 9 nitrogen and oxygen atoms in total.